The highest BCUT2D eigenvalue weighted by Gasteiger charge is 2.29. The van der Waals surface area contributed by atoms with Crippen molar-refractivity contribution >= 4 is 5.91 Å². The average molecular weight is 325 g/mol. The number of hydrogen-bond acceptors (Lipinski definition) is 3. The summed E-state index contributed by atoms with van der Waals surface area (Å²) < 4.78 is 5.29. The number of hydrogen-bond donors (Lipinski definition) is 1. The SMILES string of the molecule is COc1ccccc1C(=O)N1CCC(C(O)c2ccccc2)CC1. The van der Waals surface area contributed by atoms with E-state index in [1.807, 2.05) is 47.4 Å². The van der Waals surface area contributed by atoms with Crippen LogP contribution < -0.4 is 4.74 Å². The molecule has 2 aromatic carbocycles. The quantitative estimate of drug-likeness (QED) is 0.938. The molecule has 1 amide bonds. The highest BCUT2D eigenvalue weighted by atomic mass is 16.5. The molecule has 4 nitrogen and oxygen atoms in total. The molecule has 1 aliphatic rings. The van der Waals surface area contributed by atoms with Crippen LogP contribution in [0, 0.1) is 5.92 Å². The summed E-state index contributed by atoms with van der Waals surface area (Å²) >= 11 is 0. The molecule has 1 saturated heterocycles. The second-order valence-electron chi connectivity index (χ2n) is 6.19. The summed E-state index contributed by atoms with van der Waals surface area (Å²) in [5.74, 6) is 0.795. The van der Waals surface area contributed by atoms with Crippen molar-refractivity contribution in [1.29, 1.82) is 0 Å². The van der Waals surface area contributed by atoms with Crippen LogP contribution >= 0.6 is 0 Å². The van der Waals surface area contributed by atoms with Gasteiger partial charge in [-0.25, -0.2) is 0 Å². The number of ether oxygens (including phenoxy) is 1. The maximum atomic E-state index is 12.7. The molecule has 0 aliphatic carbocycles. The van der Waals surface area contributed by atoms with E-state index in [0.717, 1.165) is 18.4 Å². The molecule has 2 aromatic rings. The molecule has 1 atom stereocenters. The molecule has 0 aromatic heterocycles. The summed E-state index contributed by atoms with van der Waals surface area (Å²) in [5, 5.41) is 10.5. The zero-order valence-electron chi connectivity index (χ0n) is 13.9. The molecular weight excluding hydrogens is 302 g/mol. The molecule has 0 spiro atoms. The van der Waals surface area contributed by atoms with Crippen LogP contribution in [0.15, 0.2) is 54.6 Å². The maximum absolute atomic E-state index is 12.7. The van der Waals surface area contributed by atoms with Crippen LogP contribution in [0.3, 0.4) is 0 Å². The Balaban J connectivity index is 1.64. The number of piperidine rings is 1. The van der Waals surface area contributed by atoms with E-state index in [1.165, 1.54) is 0 Å². The van der Waals surface area contributed by atoms with Gasteiger partial charge in [-0.05, 0) is 36.5 Å². The van der Waals surface area contributed by atoms with Crippen LogP contribution in [-0.4, -0.2) is 36.1 Å². The van der Waals surface area contributed by atoms with Crippen LogP contribution in [0.2, 0.25) is 0 Å². The topological polar surface area (TPSA) is 49.8 Å². The van der Waals surface area contributed by atoms with Crippen molar-refractivity contribution in [2.45, 2.75) is 18.9 Å². The van der Waals surface area contributed by atoms with E-state index in [9.17, 15) is 9.90 Å². The van der Waals surface area contributed by atoms with Gasteiger partial charge in [-0.3, -0.25) is 4.79 Å². The normalized spacial score (nSPS) is 16.7. The lowest BCUT2D eigenvalue weighted by Crippen LogP contribution is -2.39. The zero-order chi connectivity index (χ0) is 16.9. The first kappa shape index (κ1) is 16.5. The van der Waals surface area contributed by atoms with Gasteiger partial charge >= 0.3 is 0 Å². The highest BCUT2D eigenvalue weighted by molar-refractivity contribution is 5.97. The van der Waals surface area contributed by atoms with E-state index in [4.69, 9.17) is 4.74 Å². The van der Waals surface area contributed by atoms with Crippen molar-refractivity contribution in [3.63, 3.8) is 0 Å². The van der Waals surface area contributed by atoms with Crippen molar-refractivity contribution in [2.24, 2.45) is 5.92 Å². The molecule has 0 saturated carbocycles. The van der Waals surface area contributed by atoms with Crippen molar-refractivity contribution in [2.75, 3.05) is 20.2 Å². The van der Waals surface area contributed by atoms with Crippen LogP contribution in [0.25, 0.3) is 0 Å². The number of likely N-dealkylation sites (tertiary alicyclic amines) is 1. The fourth-order valence-electron chi connectivity index (χ4n) is 3.33. The van der Waals surface area contributed by atoms with Gasteiger partial charge in [0, 0.05) is 13.1 Å². The van der Waals surface area contributed by atoms with Crippen LogP contribution in [-0.2, 0) is 0 Å². The molecule has 0 bridgehead atoms. The van der Waals surface area contributed by atoms with Gasteiger partial charge in [0.1, 0.15) is 5.75 Å². The number of aliphatic hydroxyl groups excluding tert-OH is 1. The predicted molar refractivity (Wildman–Crippen MR) is 93.0 cm³/mol. The third-order valence-corrected chi connectivity index (χ3v) is 4.75. The van der Waals surface area contributed by atoms with Crippen molar-refractivity contribution in [3.8, 4) is 5.75 Å². The standard InChI is InChI=1S/C20H23NO3/c1-24-18-10-6-5-9-17(18)20(23)21-13-11-16(12-14-21)19(22)15-7-3-2-4-8-15/h2-10,16,19,22H,11-14H2,1H3. The lowest BCUT2D eigenvalue weighted by molar-refractivity contribution is 0.0460. The Hall–Kier alpha value is -2.33. The number of carbonyl (C=O) groups is 1. The first-order chi connectivity index (χ1) is 11.7. The van der Waals surface area contributed by atoms with Gasteiger partial charge in [0.25, 0.3) is 5.91 Å². The monoisotopic (exact) mass is 325 g/mol. The zero-order valence-corrected chi connectivity index (χ0v) is 13.9. The summed E-state index contributed by atoms with van der Waals surface area (Å²) in [5.41, 5.74) is 1.55. The van der Waals surface area contributed by atoms with Gasteiger partial charge in [0.05, 0.1) is 18.8 Å². The van der Waals surface area contributed by atoms with Crippen molar-refractivity contribution < 1.29 is 14.6 Å². The summed E-state index contributed by atoms with van der Waals surface area (Å²) in [6.07, 6.45) is 1.14. The Morgan fingerprint density at radius 1 is 1.08 bits per heavy atom. The van der Waals surface area contributed by atoms with Crippen molar-refractivity contribution in [1.82, 2.24) is 4.90 Å². The fraction of sp³-hybridized carbons (Fsp3) is 0.350. The minimum absolute atomic E-state index is 0.0000934. The Labute approximate surface area is 142 Å². The number of amides is 1. The molecule has 0 radical (unpaired) electrons. The first-order valence-corrected chi connectivity index (χ1v) is 8.36. The van der Waals surface area contributed by atoms with Gasteiger partial charge in [-0.15, -0.1) is 0 Å². The Morgan fingerprint density at radius 2 is 1.71 bits per heavy atom. The molecule has 1 fully saturated rings. The summed E-state index contributed by atoms with van der Waals surface area (Å²) in [7, 11) is 1.58. The van der Waals surface area contributed by atoms with E-state index in [2.05, 4.69) is 0 Å². The smallest absolute Gasteiger partial charge is 0.257 e. The minimum Gasteiger partial charge on any atom is -0.496 e. The Bertz CT molecular complexity index is 678. The highest BCUT2D eigenvalue weighted by Crippen LogP contribution is 2.31. The number of carbonyl (C=O) groups excluding carboxylic acids is 1. The number of methoxy groups -OCH3 is 1. The first-order valence-electron chi connectivity index (χ1n) is 8.36. The minimum atomic E-state index is -0.463. The number of nitrogens with zero attached hydrogens (tertiary/aromatic N) is 1. The van der Waals surface area contributed by atoms with Gasteiger partial charge in [0.15, 0.2) is 0 Å². The number of rotatable bonds is 4. The van der Waals surface area contributed by atoms with E-state index >= 15 is 0 Å². The van der Waals surface area contributed by atoms with Gasteiger partial charge in [-0.1, -0.05) is 42.5 Å². The third kappa shape index (κ3) is 3.44. The Kier molecular flexibility index (Phi) is 5.16. The summed E-state index contributed by atoms with van der Waals surface area (Å²) in [6, 6.07) is 17.1. The van der Waals surface area contributed by atoms with E-state index in [-0.39, 0.29) is 11.8 Å². The average Bonchev–Trinajstić information content (AvgIpc) is 2.67. The second kappa shape index (κ2) is 7.49. The second-order valence-corrected chi connectivity index (χ2v) is 6.19. The maximum Gasteiger partial charge on any atom is 0.257 e. The molecule has 1 N–H and O–H groups in total. The lowest BCUT2D eigenvalue weighted by Gasteiger charge is -2.34. The van der Waals surface area contributed by atoms with E-state index in [0.29, 0.717) is 24.4 Å². The molecular formula is C20H23NO3. The van der Waals surface area contributed by atoms with Crippen LogP contribution in [0.4, 0.5) is 0 Å². The summed E-state index contributed by atoms with van der Waals surface area (Å²) in [6.45, 7) is 1.32. The largest absolute Gasteiger partial charge is 0.496 e. The summed E-state index contributed by atoms with van der Waals surface area (Å²) in [4.78, 5) is 14.6. The molecule has 1 aliphatic heterocycles. The van der Waals surface area contributed by atoms with Gasteiger partial charge in [0.2, 0.25) is 0 Å². The van der Waals surface area contributed by atoms with E-state index in [1.54, 1.807) is 19.2 Å². The number of benzene rings is 2. The van der Waals surface area contributed by atoms with Gasteiger partial charge in [-0.2, -0.15) is 0 Å². The third-order valence-electron chi connectivity index (χ3n) is 4.75. The predicted octanol–water partition coefficient (Wildman–Crippen LogP) is 3.28. The Morgan fingerprint density at radius 3 is 2.38 bits per heavy atom. The molecule has 1 heterocycles. The molecule has 24 heavy (non-hydrogen) atoms. The fourth-order valence-corrected chi connectivity index (χ4v) is 3.33. The molecule has 1 unspecified atom stereocenters. The van der Waals surface area contributed by atoms with Crippen LogP contribution in [0.1, 0.15) is 34.9 Å². The molecule has 3 rings (SSSR count). The number of aliphatic hydroxyl groups is 1. The van der Waals surface area contributed by atoms with Crippen LogP contribution in [0.5, 0.6) is 5.75 Å². The molecule has 4 heteroatoms. The van der Waals surface area contributed by atoms with Gasteiger partial charge < -0.3 is 14.7 Å². The number of para-hydroxylation sites is 1. The van der Waals surface area contributed by atoms with Crippen molar-refractivity contribution in [3.05, 3.63) is 65.7 Å². The molecule has 126 valence electrons. The van der Waals surface area contributed by atoms with E-state index < -0.39 is 6.10 Å². The lowest BCUT2D eigenvalue weighted by atomic mass is 9.87.